The number of aryl methyl sites for hydroxylation is 1. The first-order valence-corrected chi connectivity index (χ1v) is 11.5. The Hall–Kier alpha value is -3.18. The van der Waals surface area contributed by atoms with Gasteiger partial charge in [-0.1, -0.05) is 85.3 Å². The van der Waals surface area contributed by atoms with E-state index < -0.39 is 10.0 Å². The van der Waals surface area contributed by atoms with Crippen molar-refractivity contribution in [1.29, 1.82) is 0 Å². The maximum atomic E-state index is 13.5. The van der Waals surface area contributed by atoms with E-state index in [0.29, 0.717) is 12.1 Å². The number of hydrogen-bond acceptors (Lipinski definition) is 3. The number of nitrogens with zero attached hydrogens (tertiary/aromatic N) is 2. The van der Waals surface area contributed by atoms with Crippen LogP contribution in [0.1, 0.15) is 30.0 Å². The summed E-state index contributed by atoms with van der Waals surface area (Å²) in [7, 11) is -3.78. The second-order valence-electron chi connectivity index (χ2n) is 7.34. The van der Waals surface area contributed by atoms with Gasteiger partial charge in [-0.2, -0.15) is 17.9 Å². The zero-order valence-electron chi connectivity index (χ0n) is 17.1. The van der Waals surface area contributed by atoms with Crippen molar-refractivity contribution in [2.75, 3.05) is 0 Å². The van der Waals surface area contributed by atoms with Gasteiger partial charge in [0.2, 0.25) is 0 Å². The van der Waals surface area contributed by atoms with E-state index in [2.05, 4.69) is 5.10 Å². The molecule has 5 heteroatoms. The molecular formula is C25H24N2O2S. The van der Waals surface area contributed by atoms with Crippen LogP contribution in [0.25, 0.3) is 6.08 Å². The van der Waals surface area contributed by atoms with Crippen LogP contribution in [0.5, 0.6) is 0 Å². The maximum absolute atomic E-state index is 13.5. The highest BCUT2D eigenvalue weighted by Crippen LogP contribution is 2.34. The molecule has 0 saturated carbocycles. The molecule has 1 aliphatic heterocycles. The number of benzene rings is 3. The minimum absolute atomic E-state index is 0.253. The van der Waals surface area contributed by atoms with Crippen molar-refractivity contribution >= 4 is 21.8 Å². The Balaban J connectivity index is 1.86. The third-order valence-corrected chi connectivity index (χ3v) is 6.91. The minimum Gasteiger partial charge on any atom is -0.200 e. The molecule has 1 unspecified atom stereocenters. The molecule has 3 aromatic carbocycles. The lowest BCUT2D eigenvalue weighted by Gasteiger charge is -2.23. The van der Waals surface area contributed by atoms with Crippen LogP contribution in [-0.2, 0) is 10.0 Å². The summed E-state index contributed by atoms with van der Waals surface area (Å²) < 4.78 is 28.2. The predicted octanol–water partition coefficient (Wildman–Crippen LogP) is 5.27. The second kappa shape index (κ2) is 8.28. The van der Waals surface area contributed by atoms with Crippen LogP contribution in [0.15, 0.2) is 100 Å². The highest BCUT2D eigenvalue weighted by atomic mass is 32.2. The lowest BCUT2D eigenvalue weighted by atomic mass is 9.94. The van der Waals surface area contributed by atoms with Crippen LogP contribution in [-0.4, -0.2) is 24.6 Å². The predicted molar refractivity (Wildman–Crippen MR) is 122 cm³/mol. The third-order valence-electron chi connectivity index (χ3n) is 5.22. The zero-order valence-corrected chi connectivity index (χ0v) is 17.9. The topological polar surface area (TPSA) is 49.7 Å². The fraction of sp³-hybridized carbons (Fsp3) is 0.160. The van der Waals surface area contributed by atoms with Gasteiger partial charge >= 0.3 is 0 Å². The number of rotatable bonds is 5. The molecule has 1 heterocycles. The number of hydrogen-bond donors (Lipinski definition) is 0. The average Bonchev–Trinajstić information content (AvgIpc) is 3.14. The third kappa shape index (κ3) is 3.81. The molecule has 0 N–H and O–H groups in total. The summed E-state index contributed by atoms with van der Waals surface area (Å²) in [6.45, 7) is 3.93. The highest BCUT2D eigenvalue weighted by Gasteiger charge is 2.39. The molecule has 4 rings (SSSR count). The molecule has 1 aliphatic rings. The quantitative estimate of drug-likeness (QED) is 0.569. The van der Waals surface area contributed by atoms with Crippen molar-refractivity contribution in [2.45, 2.75) is 31.2 Å². The molecule has 0 bridgehead atoms. The van der Waals surface area contributed by atoms with Crippen molar-refractivity contribution in [3.05, 3.63) is 107 Å². The van der Waals surface area contributed by atoms with Gasteiger partial charge in [-0.3, -0.25) is 0 Å². The van der Waals surface area contributed by atoms with E-state index in [-0.39, 0.29) is 10.9 Å². The molecule has 4 nitrogen and oxygen atoms in total. The van der Waals surface area contributed by atoms with E-state index >= 15 is 0 Å². The Labute approximate surface area is 178 Å². The Morgan fingerprint density at radius 2 is 1.50 bits per heavy atom. The standard InChI is InChI=1S/C25H24N2O2S/c1-3-24-23(18-20-10-6-4-7-11-20)25(21-12-8-5-9-13-21)26-27(24)30(28,29)22-16-14-19(2)15-17-22/h4-18,24H,3H2,1-2H3/b23-18+. The van der Waals surface area contributed by atoms with Crippen LogP contribution < -0.4 is 0 Å². The smallest absolute Gasteiger partial charge is 0.200 e. The fourth-order valence-electron chi connectivity index (χ4n) is 3.63. The molecule has 1 atom stereocenters. The molecule has 30 heavy (non-hydrogen) atoms. The van der Waals surface area contributed by atoms with E-state index in [4.69, 9.17) is 0 Å². The summed E-state index contributed by atoms with van der Waals surface area (Å²) in [6.07, 6.45) is 2.66. The van der Waals surface area contributed by atoms with Crippen molar-refractivity contribution < 1.29 is 8.42 Å². The summed E-state index contributed by atoms with van der Waals surface area (Å²) in [6, 6.07) is 26.2. The van der Waals surface area contributed by atoms with Gasteiger partial charge in [0.15, 0.2) is 0 Å². The van der Waals surface area contributed by atoms with Gasteiger partial charge in [0.1, 0.15) is 0 Å². The van der Waals surface area contributed by atoms with Crippen molar-refractivity contribution in [2.24, 2.45) is 5.10 Å². The Morgan fingerprint density at radius 1 is 0.900 bits per heavy atom. The summed E-state index contributed by atoms with van der Waals surface area (Å²) in [5.74, 6) is 0. The number of hydrazone groups is 1. The molecule has 152 valence electrons. The van der Waals surface area contributed by atoms with Crippen LogP contribution in [0.4, 0.5) is 0 Å². The van der Waals surface area contributed by atoms with E-state index in [1.807, 2.05) is 92.7 Å². The largest absolute Gasteiger partial charge is 0.279 e. The van der Waals surface area contributed by atoms with Crippen LogP contribution >= 0.6 is 0 Å². The van der Waals surface area contributed by atoms with Gasteiger partial charge in [-0.25, -0.2) is 0 Å². The van der Waals surface area contributed by atoms with Crippen LogP contribution in [0.3, 0.4) is 0 Å². The Kier molecular flexibility index (Phi) is 5.55. The normalized spacial score (nSPS) is 17.9. The van der Waals surface area contributed by atoms with Gasteiger partial charge in [0.05, 0.1) is 16.6 Å². The first-order chi connectivity index (χ1) is 14.5. The molecule has 0 fully saturated rings. The van der Waals surface area contributed by atoms with E-state index in [1.54, 1.807) is 12.1 Å². The van der Waals surface area contributed by atoms with Crippen LogP contribution in [0, 0.1) is 6.92 Å². The molecule has 3 aromatic rings. The Bertz CT molecular complexity index is 1180. The summed E-state index contributed by atoms with van der Waals surface area (Å²) in [5, 5.41) is 4.65. The lowest BCUT2D eigenvalue weighted by Crippen LogP contribution is -2.33. The fourth-order valence-corrected chi connectivity index (χ4v) is 5.11. The molecule has 0 radical (unpaired) electrons. The molecule has 0 amide bonds. The van der Waals surface area contributed by atoms with Gasteiger partial charge in [0, 0.05) is 11.1 Å². The monoisotopic (exact) mass is 416 g/mol. The van der Waals surface area contributed by atoms with Crippen molar-refractivity contribution in [3.8, 4) is 0 Å². The zero-order chi connectivity index (χ0) is 21.1. The number of sulfonamides is 1. The summed E-state index contributed by atoms with van der Waals surface area (Å²) in [4.78, 5) is 0.253. The first-order valence-electron chi connectivity index (χ1n) is 10.0. The van der Waals surface area contributed by atoms with E-state index in [0.717, 1.165) is 22.3 Å². The lowest BCUT2D eigenvalue weighted by molar-refractivity contribution is 0.383. The van der Waals surface area contributed by atoms with Gasteiger partial charge in [-0.05, 0) is 37.1 Å². The summed E-state index contributed by atoms with van der Waals surface area (Å²) in [5.41, 5.74) is 4.54. The van der Waals surface area contributed by atoms with Crippen LogP contribution in [0.2, 0.25) is 0 Å². The average molecular weight is 417 g/mol. The molecular weight excluding hydrogens is 392 g/mol. The van der Waals surface area contributed by atoms with Gasteiger partial charge < -0.3 is 0 Å². The molecule has 0 aromatic heterocycles. The van der Waals surface area contributed by atoms with Crippen molar-refractivity contribution in [1.82, 2.24) is 4.41 Å². The van der Waals surface area contributed by atoms with Gasteiger partial charge in [0.25, 0.3) is 10.0 Å². The summed E-state index contributed by atoms with van der Waals surface area (Å²) >= 11 is 0. The maximum Gasteiger partial charge on any atom is 0.279 e. The van der Waals surface area contributed by atoms with E-state index in [9.17, 15) is 8.42 Å². The first kappa shape index (κ1) is 20.1. The Morgan fingerprint density at radius 3 is 2.10 bits per heavy atom. The second-order valence-corrected chi connectivity index (χ2v) is 9.14. The van der Waals surface area contributed by atoms with Crippen molar-refractivity contribution in [3.63, 3.8) is 0 Å². The molecule has 0 spiro atoms. The minimum atomic E-state index is -3.78. The van der Waals surface area contributed by atoms with Gasteiger partial charge in [-0.15, -0.1) is 0 Å². The highest BCUT2D eigenvalue weighted by molar-refractivity contribution is 7.89. The van der Waals surface area contributed by atoms with E-state index in [1.165, 1.54) is 4.41 Å². The molecule has 0 aliphatic carbocycles. The SMILES string of the molecule is CCC1/C(=C\c2ccccc2)C(c2ccccc2)=NN1S(=O)(=O)c1ccc(C)cc1. The molecule has 0 saturated heterocycles.